The molecular formula is C12H11ClN2O2. The molecule has 2 aromatic heterocycles. The van der Waals surface area contributed by atoms with Gasteiger partial charge in [-0.3, -0.25) is 0 Å². The Labute approximate surface area is 103 Å². The number of ether oxygens (including phenoxy) is 1. The van der Waals surface area contributed by atoms with Crippen LogP contribution in [-0.4, -0.2) is 22.6 Å². The van der Waals surface area contributed by atoms with E-state index in [0.29, 0.717) is 16.8 Å². The molecule has 1 saturated carbocycles. The Kier molecular flexibility index (Phi) is 2.33. The standard InChI is InChI=1S/C12H11ClN2O2/c1-17-12(16)8-4-5-14-11-9(8)6-10(13)15(11)7-2-3-7/h4-7H,2-3H2,1H3. The molecule has 0 amide bonds. The van der Waals surface area contributed by atoms with Crippen molar-refractivity contribution in [1.82, 2.24) is 9.55 Å². The predicted octanol–water partition coefficient (Wildman–Crippen LogP) is 2.81. The highest BCUT2D eigenvalue weighted by molar-refractivity contribution is 6.31. The smallest absolute Gasteiger partial charge is 0.338 e. The van der Waals surface area contributed by atoms with Crippen LogP contribution in [0.5, 0.6) is 0 Å². The van der Waals surface area contributed by atoms with Gasteiger partial charge in [-0.25, -0.2) is 9.78 Å². The molecule has 0 spiro atoms. The van der Waals surface area contributed by atoms with Gasteiger partial charge in [-0.05, 0) is 25.0 Å². The van der Waals surface area contributed by atoms with Gasteiger partial charge >= 0.3 is 5.97 Å². The molecule has 5 heteroatoms. The summed E-state index contributed by atoms with van der Waals surface area (Å²) in [6.45, 7) is 0. The highest BCUT2D eigenvalue weighted by Gasteiger charge is 2.28. The molecule has 1 aliphatic rings. The number of nitrogens with zero attached hydrogens (tertiary/aromatic N) is 2. The summed E-state index contributed by atoms with van der Waals surface area (Å²) >= 11 is 6.19. The van der Waals surface area contributed by atoms with Crippen LogP contribution >= 0.6 is 11.6 Å². The second-order valence-corrected chi connectivity index (χ2v) is 4.54. The molecule has 0 atom stereocenters. The van der Waals surface area contributed by atoms with Crippen LogP contribution in [0.3, 0.4) is 0 Å². The molecule has 88 valence electrons. The maximum atomic E-state index is 11.6. The van der Waals surface area contributed by atoms with Crippen molar-refractivity contribution in [2.24, 2.45) is 0 Å². The molecule has 1 aliphatic carbocycles. The lowest BCUT2D eigenvalue weighted by atomic mass is 10.2. The lowest BCUT2D eigenvalue weighted by Gasteiger charge is -2.04. The molecule has 0 N–H and O–H groups in total. The maximum Gasteiger partial charge on any atom is 0.338 e. The maximum absolute atomic E-state index is 11.6. The van der Waals surface area contributed by atoms with Crippen LogP contribution < -0.4 is 0 Å². The molecule has 4 nitrogen and oxygen atoms in total. The fraction of sp³-hybridized carbons (Fsp3) is 0.333. The van der Waals surface area contributed by atoms with Crippen molar-refractivity contribution in [3.05, 3.63) is 29.0 Å². The van der Waals surface area contributed by atoms with Gasteiger partial charge in [0.1, 0.15) is 10.8 Å². The number of hydrogen-bond acceptors (Lipinski definition) is 3. The first-order valence-electron chi connectivity index (χ1n) is 5.46. The zero-order valence-electron chi connectivity index (χ0n) is 9.31. The number of aromatic nitrogens is 2. The van der Waals surface area contributed by atoms with Crippen molar-refractivity contribution in [2.75, 3.05) is 7.11 Å². The minimum atomic E-state index is -0.359. The lowest BCUT2D eigenvalue weighted by molar-refractivity contribution is 0.0603. The van der Waals surface area contributed by atoms with E-state index in [0.717, 1.165) is 23.9 Å². The van der Waals surface area contributed by atoms with E-state index < -0.39 is 0 Å². The Bertz CT molecular complexity index is 602. The number of esters is 1. The van der Waals surface area contributed by atoms with E-state index in [2.05, 4.69) is 4.98 Å². The number of pyridine rings is 1. The number of halogens is 1. The zero-order valence-corrected chi connectivity index (χ0v) is 10.1. The molecule has 0 unspecified atom stereocenters. The van der Waals surface area contributed by atoms with E-state index in [1.165, 1.54) is 7.11 Å². The van der Waals surface area contributed by atoms with Crippen LogP contribution in [0.15, 0.2) is 18.3 Å². The predicted molar refractivity (Wildman–Crippen MR) is 64.4 cm³/mol. The topological polar surface area (TPSA) is 44.1 Å². The average molecular weight is 251 g/mol. The molecule has 2 aromatic rings. The summed E-state index contributed by atoms with van der Waals surface area (Å²) in [5.41, 5.74) is 1.28. The van der Waals surface area contributed by atoms with Gasteiger partial charge in [-0.2, -0.15) is 0 Å². The van der Waals surface area contributed by atoms with E-state index in [4.69, 9.17) is 16.3 Å². The Morgan fingerprint density at radius 3 is 3.00 bits per heavy atom. The largest absolute Gasteiger partial charge is 0.465 e. The van der Waals surface area contributed by atoms with Crippen molar-refractivity contribution < 1.29 is 9.53 Å². The minimum absolute atomic E-state index is 0.359. The van der Waals surface area contributed by atoms with Crippen LogP contribution in [0.25, 0.3) is 11.0 Å². The normalized spacial score (nSPS) is 15.2. The molecule has 0 aromatic carbocycles. The fourth-order valence-electron chi connectivity index (χ4n) is 2.05. The first-order valence-corrected chi connectivity index (χ1v) is 5.84. The third-order valence-corrected chi connectivity index (χ3v) is 3.30. The first kappa shape index (κ1) is 10.6. The second kappa shape index (κ2) is 3.74. The summed E-state index contributed by atoms with van der Waals surface area (Å²) in [6, 6.07) is 3.87. The molecule has 0 aliphatic heterocycles. The zero-order chi connectivity index (χ0) is 12.0. The highest BCUT2D eigenvalue weighted by Crippen LogP contribution is 2.41. The van der Waals surface area contributed by atoms with Gasteiger partial charge < -0.3 is 9.30 Å². The van der Waals surface area contributed by atoms with Gasteiger partial charge in [-0.1, -0.05) is 11.6 Å². The van der Waals surface area contributed by atoms with Crippen LogP contribution in [-0.2, 0) is 4.74 Å². The number of carbonyl (C=O) groups is 1. The van der Waals surface area contributed by atoms with Gasteiger partial charge in [0.05, 0.1) is 12.7 Å². The number of hydrogen-bond donors (Lipinski definition) is 0. The van der Waals surface area contributed by atoms with E-state index in [9.17, 15) is 4.79 Å². The summed E-state index contributed by atoms with van der Waals surface area (Å²) in [5, 5.41) is 1.39. The number of methoxy groups -OCH3 is 1. The summed E-state index contributed by atoms with van der Waals surface area (Å²) in [6.07, 6.45) is 3.85. The monoisotopic (exact) mass is 250 g/mol. The van der Waals surface area contributed by atoms with Crippen molar-refractivity contribution in [1.29, 1.82) is 0 Å². The van der Waals surface area contributed by atoms with Crippen molar-refractivity contribution >= 4 is 28.6 Å². The molecule has 0 radical (unpaired) electrons. The molecular weight excluding hydrogens is 240 g/mol. The van der Waals surface area contributed by atoms with Crippen LogP contribution in [0.4, 0.5) is 0 Å². The van der Waals surface area contributed by atoms with Gasteiger partial charge in [-0.15, -0.1) is 0 Å². The Morgan fingerprint density at radius 2 is 2.35 bits per heavy atom. The fourth-order valence-corrected chi connectivity index (χ4v) is 2.38. The third-order valence-electron chi connectivity index (χ3n) is 3.01. The molecule has 1 fully saturated rings. The van der Waals surface area contributed by atoms with Crippen LogP contribution in [0.2, 0.25) is 5.15 Å². The van der Waals surface area contributed by atoms with Crippen molar-refractivity contribution in [3.8, 4) is 0 Å². The number of fused-ring (bicyclic) bond motifs is 1. The summed E-state index contributed by atoms with van der Waals surface area (Å²) in [5.74, 6) is -0.359. The van der Waals surface area contributed by atoms with E-state index in [-0.39, 0.29) is 5.97 Å². The van der Waals surface area contributed by atoms with Crippen LogP contribution in [0.1, 0.15) is 29.2 Å². The van der Waals surface area contributed by atoms with E-state index in [1.807, 2.05) is 4.57 Å². The van der Waals surface area contributed by atoms with Gasteiger partial charge in [0.15, 0.2) is 0 Å². The van der Waals surface area contributed by atoms with Gasteiger partial charge in [0.25, 0.3) is 0 Å². The summed E-state index contributed by atoms with van der Waals surface area (Å²) in [7, 11) is 1.37. The van der Waals surface area contributed by atoms with E-state index in [1.54, 1.807) is 18.3 Å². The van der Waals surface area contributed by atoms with Gasteiger partial charge in [0, 0.05) is 17.6 Å². The average Bonchev–Trinajstić information content (AvgIpc) is 3.10. The van der Waals surface area contributed by atoms with Crippen molar-refractivity contribution in [2.45, 2.75) is 18.9 Å². The Morgan fingerprint density at radius 1 is 1.59 bits per heavy atom. The summed E-state index contributed by atoms with van der Waals surface area (Å²) in [4.78, 5) is 15.9. The molecule has 0 saturated heterocycles. The number of rotatable bonds is 2. The summed E-state index contributed by atoms with van der Waals surface area (Å²) < 4.78 is 6.74. The Hall–Kier alpha value is -1.55. The third kappa shape index (κ3) is 1.60. The van der Waals surface area contributed by atoms with Crippen LogP contribution in [0, 0.1) is 0 Å². The second-order valence-electron chi connectivity index (χ2n) is 4.16. The van der Waals surface area contributed by atoms with Gasteiger partial charge in [0.2, 0.25) is 0 Å². The first-order chi connectivity index (χ1) is 8.22. The lowest BCUT2D eigenvalue weighted by Crippen LogP contribution is -2.03. The van der Waals surface area contributed by atoms with Crippen molar-refractivity contribution in [3.63, 3.8) is 0 Å². The molecule has 2 heterocycles. The number of carbonyl (C=O) groups excluding carboxylic acids is 1. The molecule has 0 bridgehead atoms. The van der Waals surface area contributed by atoms with E-state index >= 15 is 0 Å². The Balaban J connectivity index is 2.26. The minimum Gasteiger partial charge on any atom is -0.465 e. The molecule has 17 heavy (non-hydrogen) atoms. The quantitative estimate of drug-likeness (QED) is 0.770. The molecule has 3 rings (SSSR count). The highest BCUT2D eigenvalue weighted by atomic mass is 35.5. The SMILES string of the molecule is COC(=O)c1ccnc2c1cc(Cl)n2C1CC1.